The number of nitrogens with zero attached hydrogens (tertiary/aromatic N) is 2. The molecular weight excluding hydrogens is 877 g/mol. The van der Waals surface area contributed by atoms with Crippen LogP contribution < -0.4 is 4.74 Å². The Kier molecular flexibility index (Phi) is 11.5. The zero-order valence-electron chi connectivity index (χ0n) is 40.7. The number of benzene rings is 9. The van der Waals surface area contributed by atoms with E-state index in [1.54, 1.807) is 0 Å². The van der Waals surface area contributed by atoms with Gasteiger partial charge in [0.25, 0.3) is 0 Å². The van der Waals surface area contributed by atoms with Crippen molar-refractivity contribution in [1.29, 1.82) is 0 Å². The third-order valence-corrected chi connectivity index (χ3v) is 15.5. The maximum atomic E-state index is 6.91. The van der Waals surface area contributed by atoms with Crippen LogP contribution in [0.15, 0.2) is 233 Å². The second-order valence-corrected chi connectivity index (χ2v) is 19.9. The minimum atomic E-state index is 0.152. The number of aromatic nitrogens is 1. The lowest BCUT2D eigenvalue weighted by Gasteiger charge is -2.35. The Morgan fingerprint density at radius 2 is 1.21 bits per heavy atom. The molecule has 9 aromatic carbocycles. The molecule has 3 heterocycles. The summed E-state index contributed by atoms with van der Waals surface area (Å²) < 4.78 is 15.7. The molecule has 11 aromatic rings. The molecule has 0 bridgehead atoms. The number of hydrogen-bond acceptors (Lipinski definition) is 3. The summed E-state index contributed by atoms with van der Waals surface area (Å²) in [5, 5.41) is 4.79. The number of para-hydroxylation sites is 3. The van der Waals surface area contributed by atoms with E-state index in [1.165, 1.54) is 77.6 Å². The normalized spacial score (nSPS) is 16.9. The van der Waals surface area contributed by atoms with Crippen LogP contribution in [0.5, 0.6) is 5.75 Å². The van der Waals surface area contributed by atoms with E-state index >= 15 is 0 Å². The Labute approximate surface area is 421 Å². The van der Waals surface area contributed by atoms with Gasteiger partial charge in [-0.1, -0.05) is 158 Å². The maximum Gasteiger partial charge on any atom is 0.136 e. The molecule has 2 aromatic heterocycles. The summed E-state index contributed by atoms with van der Waals surface area (Å²) in [5.41, 5.74) is 18.8. The molecule has 3 atom stereocenters. The summed E-state index contributed by atoms with van der Waals surface area (Å²) in [4.78, 5) is 5.41. The van der Waals surface area contributed by atoms with E-state index in [1.807, 2.05) is 6.07 Å². The molecule has 4 nitrogen and oxygen atoms in total. The Bertz CT molecular complexity index is 3860. The van der Waals surface area contributed by atoms with E-state index < -0.39 is 0 Å². The summed E-state index contributed by atoms with van der Waals surface area (Å²) in [6.07, 6.45) is 9.24. The van der Waals surface area contributed by atoms with Gasteiger partial charge in [-0.2, -0.15) is 0 Å². The molecule has 0 amide bonds. The molecule has 1 aliphatic heterocycles. The summed E-state index contributed by atoms with van der Waals surface area (Å²) >= 11 is 0. The first kappa shape index (κ1) is 43.8. The van der Waals surface area contributed by atoms with Crippen LogP contribution in [0.25, 0.3) is 82.8 Å². The fraction of sp³-hybridized carbons (Fsp3) is 0.162. The van der Waals surface area contributed by atoms with Crippen LogP contribution in [0.3, 0.4) is 0 Å². The first-order valence-electron chi connectivity index (χ1n) is 25.9. The van der Waals surface area contributed by atoms with Crippen molar-refractivity contribution in [2.24, 2.45) is 10.9 Å². The molecule has 0 N–H and O–H groups in total. The van der Waals surface area contributed by atoms with Crippen molar-refractivity contribution in [1.82, 2.24) is 4.57 Å². The molecule has 0 saturated heterocycles. The predicted molar refractivity (Wildman–Crippen MR) is 300 cm³/mol. The molecule has 2 unspecified atom stereocenters. The number of furan rings is 1. The first-order valence-corrected chi connectivity index (χ1v) is 25.9. The number of ether oxygens (including phenoxy) is 1. The highest BCUT2D eigenvalue weighted by Gasteiger charge is 2.43. The summed E-state index contributed by atoms with van der Waals surface area (Å²) in [7, 11) is 0. The van der Waals surface area contributed by atoms with E-state index in [0.29, 0.717) is 12.5 Å². The van der Waals surface area contributed by atoms with Gasteiger partial charge in [0, 0.05) is 44.3 Å². The van der Waals surface area contributed by atoms with Gasteiger partial charge in [-0.3, -0.25) is 4.99 Å². The van der Waals surface area contributed by atoms with Gasteiger partial charge in [0.15, 0.2) is 0 Å². The number of unbranched alkanes of at least 4 members (excludes halogenated alkanes) is 1. The van der Waals surface area contributed by atoms with Gasteiger partial charge in [-0.15, -0.1) is 0 Å². The van der Waals surface area contributed by atoms with Gasteiger partial charge < -0.3 is 13.7 Å². The molecular formula is C68H56N2O2. The second kappa shape index (κ2) is 18.8. The Hall–Kier alpha value is -8.21. The quantitative estimate of drug-likeness (QED) is 0.115. The van der Waals surface area contributed by atoms with E-state index in [-0.39, 0.29) is 12.0 Å². The van der Waals surface area contributed by atoms with Crippen molar-refractivity contribution in [3.63, 3.8) is 0 Å². The summed E-state index contributed by atoms with van der Waals surface area (Å²) in [5.74, 6) is 1.65. The highest BCUT2D eigenvalue weighted by atomic mass is 16.5. The van der Waals surface area contributed by atoms with Crippen molar-refractivity contribution in [3.05, 3.63) is 241 Å². The molecule has 1 aliphatic carbocycles. The average molecular weight is 933 g/mol. The van der Waals surface area contributed by atoms with Crippen LogP contribution in [0.4, 0.5) is 0 Å². The number of hydrogen-bond donors (Lipinski definition) is 0. The maximum absolute atomic E-state index is 6.91. The Morgan fingerprint density at radius 1 is 0.556 bits per heavy atom. The molecule has 0 radical (unpaired) electrons. The SMILES string of the molecule is CCCC/C(=C\C(=NCc1ccccc1)c1ccc2c(c1)oc1ccccc12)C1CCC[C@@H]2Oc3ccc(-c4cccc(-c5cccc(-c6ccc7c(c6)c6ccccc6n7-c6ccccc6)c5)c4)cc3C12. The van der Waals surface area contributed by atoms with E-state index in [2.05, 4.69) is 224 Å². The Balaban J connectivity index is 0.834. The third kappa shape index (κ3) is 8.11. The third-order valence-electron chi connectivity index (χ3n) is 15.5. The zero-order valence-corrected chi connectivity index (χ0v) is 40.7. The lowest BCUT2D eigenvalue weighted by molar-refractivity contribution is 0.137. The van der Waals surface area contributed by atoms with Crippen molar-refractivity contribution in [3.8, 4) is 44.8 Å². The summed E-state index contributed by atoms with van der Waals surface area (Å²) in [6, 6.07) is 77.0. The van der Waals surface area contributed by atoms with Crippen LogP contribution in [-0.4, -0.2) is 16.4 Å². The molecule has 1 saturated carbocycles. The molecule has 72 heavy (non-hydrogen) atoms. The molecule has 0 spiro atoms. The van der Waals surface area contributed by atoms with Crippen LogP contribution in [0.2, 0.25) is 0 Å². The second-order valence-electron chi connectivity index (χ2n) is 19.9. The highest BCUT2D eigenvalue weighted by molar-refractivity contribution is 6.13. The molecule has 2 aliphatic rings. The number of allylic oxidation sites excluding steroid dienone is 2. The van der Waals surface area contributed by atoms with Gasteiger partial charge in [0.1, 0.15) is 23.0 Å². The van der Waals surface area contributed by atoms with Crippen LogP contribution >= 0.6 is 0 Å². The smallest absolute Gasteiger partial charge is 0.136 e. The van der Waals surface area contributed by atoms with Gasteiger partial charge in [-0.25, -0.2) is 0 Å². The van der Waals surface area contributed by atoms with Crippen LogP contribution in [-0.2, 0) is 6.54 Å². The Morgan fingerprint density at radius 3 is 1.99 bits per heavy atom. The average Bonchev–Trinajstić information content (AvgIpc) is 4.12. The van der Waals surface area contributed by atoms with Crippen LogP contribution in [0, 0.1) is 5.92 Å². The summed E-state index contributed by atoms with van der Waals surface area (Å²) in [6.45, 7) is 2.91. The largest absolute Gasteiger partial charge is 0.489 e. The van der Waals surface area contributed by atoms with Crippen molar-refractivity contribution >= 4 is 49.5 Å². The topological polar surface area (TPSA) is 39.7 Å². The number of fused-ring (bicyclic) bond motifs is 9. The zero-order chi connectivity index (χ0) is 48.0. The number of rotatable bonds is 12. The fourth-order valence-corrected chi connectivity index (χ4v) is 11.9. The molecule has 1 fully saturated rings. The molecule has 4 heteroatoms. The van der Waals surface area contributed by atoms with E-state index in [9.17, 15) is 0 Å². The van der Waals surface area contributed by atoms with Crippen molar-refractivity contribution in [2.75, 3.05) is 0 Å². The van der Waals surface area contributed by atoms with Crippen molar-refractivity contribution in [2.45, 2.75) is 64.0 Å². The minimum absolute atomic E-state index is 0.152. The van der Waals surface area contributed by atoms with Gasteiger partial charge in [0.2, 0.25) is 0 Å². The van der Waals surface area contributed by atoms with E-state index in [0.717, 1.165) is 77.5 Å². The van der Waals surface area contributed by atoms with Gasteiger partial charge >= 0.3 is 0 Å². The molecule has 13 rings (SSSR count). The first-order chi connectivity index (χ1) is 35.6. The monoisotopic (exact) mass is 932 g/mol. The highest BCUT2D eigenvalue weighted by Crippen LogP contribution is 2.52. The standard InChI is InChI=1S/C68H56N2O2/c1-2-3-19-52(42-61(69-44-45-17-6-4-7-18-45)53-32-35-58-57-27-11-13-30-64(57)72-67(58)43-53)55-28-16-31-66-68(55)60-41-51(34-37-65(60)71-66)49-23-15-21-47(39-49)46-20-14-22-48(38-46)50-33-36-63-59(40-50)56-26-10-12-29-62(56)70(63)54-24-8-5-9-25-54/h4-15,17-18,20-27,29-30,32-43,55,66,68H,2-3,16,19,28,31,44H2,1H3/b52-42+,69-61?/t55?,66-,68?/m0/s1. The van der Waals surface area contributed by atoms with Crippen molar-refractivity contribution < 1.29 is 9.15 Å². The van der Waals surface area contributed by atoms with Crippen LogP contribution in [0.1, 0.15) is 68.1 Å². The van der Waals surface area contributed by atoms with Gasteiger partial charge in [-0.05, 0) is 156 Å². The number of aliphatic imine (C=N–C) groups is 1. The minimum Gasteiger partial charge on any atom is -0.489 e. The lowest BCUT2D eigenvalue weighted by atomic mass is 9.70. The van der Waals surface area contributed by atoms with E-state index in [4.69, 9.17) is 14.1 Å². The fourth-order valence-electron chi connectivity index (χ4n) is 11.9. The predicted octanol–water partition coefficient (Wildman–Crippen LogP) is 18.1. The molecule has 350 valence electrons. The lowest BCUT2D eigenvalue weighted by Crippen LogP contribution is -2.31. The van der Waals surface area contributed by atoms with Gasteiger partial charge in [0.05, 0.1) is 23.3 Å².